The Hall–Kier alpha value is -1.13. The summed E-state index contributed by atoms with van der Waals surface area (Å²) in [6, 6.07) is 5.95. The van der Waals surface area contributed by atoms with E-state index in [1.54, 1.807) is 0 Å². The van der Waals surface area contributed by atoms with E-state index >= 15 is 0 Å². The molecule has 1 heterocycles. The van der Waals surface area contributed by atoms with Gasteiger partial charge in [0.1, 0.15) is 4.90 Å². The van der Waals surface area contributed by atoms with E-state index in [2.05, 4.69) is 0 Å². The van der Waals surface area contributed by atoms with Crippen LogP contribution < -0.4 is 5.73 Å². The highest BCUT2D eigenvalue weighted by Crippen LogP contribution is 2.27. The first-order chi connectivity index (χ1) is 8.45. The molecule has 0 saturated carbocycles. The van der Waals surface area contributed by atoms with Crippen molar-refractivity contribution >= 4 is 21.6 Å². The number of nitrogens with zero attached hydrogens (tertiary/aromatic N) is 2. The molecule has 2 N–H and O–H groups in total. The molecule has 0 radical (unpaired) electrons. The topological polar surface area (TPSA) is 87.2 Å². The van der Waals surface area contributed by atoms with Crippen molar-refractivity contribution < 1.29 is 8.42 Å². The number of hydrogen-bond donors (Lipinski definition) is 1. The summed E-state index contributed by atoms with van der Waals surface area (Å²) < 4.78 is 26.0. The zero-order valence-electron chi connectivity index (χ0n) is 9.51. The summed E-state index contributed by atoms with van der Waals surface area (Å²) in [5.41, 5.74) is 5.97. The van der Waals surface area contributed by atoms with Crippen LogP contribution in [0.15, 0.2) is 23.1 Å². The molecule has 0 spiro atoms. The SMILES string of the molecule is N#Cc1ccc(Cl)c(S(=O)(=O)N2CC[C@@H](N)C2)c1. The lowest BCUT2D eigenvalue weighted by molar-refractivity contribution is 0.472. The number of nitrogens with two attached hydrogens (primary N) is 1. The van der Waals surface area contributed by atoms with Gasteiger partial charge >= 0.3 is 0 Å². The number of halogens is 1. The van der Waals surface area contributed by atoms with Crippen LogP contribution in [0.2, 0.25) is 5.02 Å². The lowest BCUT2D eigenvalue weighted by Gasteiger charge is -2.16. The summed E-state index contributed by atoms with van der Waals surface area (Å²) in [6.07, 6.45) is 0.634. The molecule has 1 saturated heterocycles. The average molecular weight is 286 g/mol. The zero-order valence-corrected chi connectivity index (χ0v) is 11.1. The number of nitriles is 1. The van der Waals surface area contributed by atoms with Crippen LogP contribution in [-0.2, 0) is 10.0 Å². The van der Waals surface area contributed by atoms with Crippen LogP contribution in [0.25, 0.3) is 0 Å². The van der Waals surface area contributed by atoms with Crippen molar-refractivity contribution in [2.45, 2.75) is 17.4 Å². The Morgan fingerprint density at radius 1 is 1.50 bits per heavy atom. The molecule has 7 heteroatoms. The van der Waals surface area contributed by atoms with Crippen molar-refractivity contribution in [1.29, 1.82) is 5.26 Å². The standard InChI is InChI=1S/C11H12ClN3O2S/c12-10-2-1-8(6-13)5-11(10)18(16,17)15-4-3-9(14)7-15/h1-2,5,9H,3-4,7,14H2/t9-/m1/s1. The first kappa shape index (κ1) is 13.3. The van der Waals surface area contributed by atoms with Gasteiger partial charge in [-0.3, -0.25) is 0 Å². The molecule has 0 aliphatic carbocycles. The van der Waals surface area contributed by atoms with E-state index in [9.17, 15) is 8.42 Å². The van der Waals surface area contributed by atoms with Crippen LogP contribution in [0.5, 0.6) is 0 Å². The minimum absolute atomic E-state index is 0.0303. The summed E-state index contributed by atoms with van der Waals surface area (Å²) in [4.78, 5) is -0.0303. The predicted molar refractivity (Wildman–Crippen MR) is 67.5 cm³/mol. The van der Waals surface area contributed by atoms with Gasteiger partial charge in [-0.2, -0.15) is 9.57 Å². The van der Waals surface area contributed by atoms with Gasteiger partial charge in [0.15, 0.2) is 0 Å². The molecule has 1 aliphatic heterocycles. The third-order valence-corrected chi connectivity index (χ3v) is 5.21. The van der Waals surface area contributed by atoms with Crippen molar-refractivity contribution in [2.24, 2.45) is 5.73 Å². The quantitative estimate of drug-likeness (QED) is 0.876. The van der Waals surface area contributed by atoms with Crippen LogP contribution in [0.3, 0.4) is 0 Å². The van der Waals surface area contributed by atoms with Crippen LogP contribution in [0.4, 0.5) is 0 Å². The second-order valence-corrected chi connectivity index (χ2v) is 6.48. The largest absolute Gasteiger partial charge is 0.326 e. The molecular weight excluding hydrogens is 274 g/mol. The molecule has 1 aromatic carbocycles. The number of hydrogen-bond acceptors (Lipinski definition) is 4. The van der Waals surface area contributed by atoms with Gasteiger partial charge in [-0.15, -0.1) is 0 Å². The van der Waals surface area contributed by atoms with Gasteiger partial charge in [0.25, 0.3) is 0 Å². The minimum Gasteiger partial charge on any atom is -0.326 e. The van der Waals surface area contributed by atoms with E-state index in [0.29, 0.717) is 13.0 Å². The summed E-state index contributed by atoms with van der Waals surface area (Å²) in [6.45, 7) is 0.673. The predicted octanol–water partition coefficient (Wildman–Crippen LogP) is 0.933. The molecule has 5 nitrogen and oxygen atoms in total. The Bertz CT molecular complexity index is 609. The molecule has 1 aliphatic rings. The maximum absolute atomic E-state index is 12.3. The molecule has 1 aromatic rings. The summed E-state index contributed by atoms with van der Waals surface area (Å²) in [5.74, 6) is 0. The first-order valence-corrected chi connectivity index (χ1v) is 7.22. The lowest BCUT2D eigenvalue weighted by atomic mass is 10.2. The maximum Gasteiger partial charge on any atom is 0.244 e. The van der Waals surface area contributed by atoms with Gasteiger partial charge in [0.05, 0.1) is 16.7 Å². The molecule has 1 atom stereocenters. The van der Waals surface area contributed by atoms with E-state index in [0.717, 1.165) is 0 Å². The van der Waals surface area contributed by atoms with E-state index < -0.39 is 10.0 Å². The molecule has 1 fully saturated rings. The Labute approximate surface area is 111 Å². The Morgan fingerprint density at radius 2 is 2.22 bits per heavy atom. The Balaban J connectivity index is 2.45. The van der Waals surface area contributed by atoms with Crippen molar-refractivity contribution in [1.82, 2.24) is 4.31 Å². The molecule has 0 amide bonds. The van der Waals surface area contributed by atoms with Crippen molar-refractivity contribution in [2.75, 3.05) is 13.1 Å². The second kappa shape index (κ2) is 4.86. The Kier molecular flexibility index (Phi) is 3.59. The summed E-state index contributed by atoms with van der Waals surface area (Å²) in [5, 5.41) is 8.92. The van der Waals surface area contributed by atoms with Crippen LogP contribution >= 0.6 is 11.6 Å². The van der Waals surface area contributed by atoms with Crippen molar-refractivity contribution in [3.63, 3.8) is 0 Å². The normalized spacial score (nSPS) is 20.8. The van der Waals surface area contributed by atoms with Gasteiger partial charge in [-0.1, -0.05) is 11.6 Å². The molecule has 0 unspecified atom stereocenters. The van der Waals surface area contributed by atoms with E-state index in [4.69, 9.17) is 22.6 Å². The summed E-state index contributed by atoms with van der Waals surface area (Å²) in [7, 11) is -3.66. The Morgan fingerprint density at radius 3 is 2.78 bits per heavy atom. The monoisotopic (exact) mass is 285 g/mol. The van der Waals surface area contributed by atoms with E-state index in [-0.39, 0.29) is 28.1 Å². The fourth-order valence-electron chi connectivity index (χ4n) is 1.88. The highest BCUT2D eigenvalue weighted by Gasteiger charge is 2.32. The van der Waals surface area contributed by atoms with Crippen molar-refractivity contribution in [3.05, 3.63) is 28.8 Å². The van der Waals surface area contributed by atoms with Crippen LogP contribution in [0, 0.1) is 11.3 Å². The number of benzene rings is 1. The fourth-order valence-corrected chi connectivity index (χ4v) is 3.89. The molecular formula is C11H12ClN3O2S. The smallest absolute Gasteiger partial charge is 0.244 e. The first-order valence-electron chi connectivity index (χ1n) is 5.40. The minimum atomic E-state index is -3.66. The van der Waals surface area contributed by atoms with Crippen LogP contribution in [-0.4, -0.2) is 31.9 Å². The van der Waals surface area contributed by atoms with Crippen LogP contribution in [0.1, 0.15) is 12.0 Å². The third kappa shape index (κ3) is 2.35. The van der Waals surface area contributed by atoms with Gasteiger partial charge in [-0.05, 0) is 24.6 Å². The van der Waals surface area contributed by atoms with Gasteiger partial charge in [0, 0.05) is 19.1 Å². The van der Waals surface area contributed by atoms with E-state index in [1.807, 2.05) is 6.07 Å². The molecule has 0 bridgehead atoms. The van der Waals surface area contributed by atoms with Gasteiger partial charge in [-0.25, -0.2) is 8.42 Å². The van der Waals surface area contributed by atoms with Gasteiger partial charge < -0.3 is 5.73 Å². The number of sulfonamides is 1. The van der Waals surface area contributed by atoms with Gasteiger partial charge in [0.2, 0.25) is 10.0 Å². The van der Waals surface area contributed by atoms with E-state index in [1.165, 1.54) is 22.5 Å². The second-order valence-electron chi connectivity index (χ2n) is 4.17. The molecule has 0 aromatic heterocycles. The molecule has 18 heavy (non-hydrogen) atoms. The fraction of sp³-hybridized carbons (Fsp3) is 0.364. The zero-order chi connectivity index (χ0) is 13.3. The molecule has 2 rings (SSSR count). The third-order valence-electron chi connectivity index (χ3n) is 2.87. The summed E-state index contributed by atoms with van der Waals surface area (Å²) >= 11 is 5.91. The lowest BCUT2D eigenvalue weighted by Crippen LogP contribution is -2.32. The highest BCUT2D eigenvalue weighted by molar-refractivity contribution is 7.89. The van der Waals surface area contributed by atoms with Crippen molar-refractivity contribution in [3.8, 4) is 6.07 Å². The molecule has 96 valence electrons. The number of rotatable bonds is 2. The maximum atomic E-state index is 12.3. The average Bonchev–Trinajstić information content (AvgIpc) is 2.77. The highest BCUT2D eigenvalue weighted by atomic mass is 35.5.